The van der Waals surface area contributed by atoms with E-state index in [-0.39, 0.29) is 12.0 Å². The largest absolute Gasteiger partial charge is 0.437 e. The second-order valence-corrected chi connectivity index (χ2v) is 11.2. The van der Waals surface area contributed by atoms with Gasteiger partial charge in [-0.2, -0.15) is 0 Å². The van der Waals surface area contributed by atoms with Crippen molar-refractivity contribution in [2.24, 2.45) is 9.98 Å². The van der Waals surface area contributed by atoms with Crippen molar-refractivity contribution in [1.29, 1.82) is 0 Å². The van der Waals surface area contributed by atoms with Gasteiger partial charge in [0.1, 0.15) is 5.58 Å². The van der Waals surface area contributed by atoms with Crippen molar-refractivity contribution in [2.45, 2.75) is 45.1 Å². The molecule has 5 aromatic rings. The SMILES string of the molecule is C=CC1=NC2CC(=C)N=C(C=C)c3c(ccc4c3oc3nc(-c5ncccc5C)c(C)cc34)CCC2c2ccccc21. The molecule has 2 unspecified atom stereocenters. The minimum atomic E-state index is 0.0485. The fraction of sp³-hybridized carbons (Fsp3) is 0.189. The summed E-state index contributed by atoms with van der Waals surface area (Å²) in [5, 5.41) is 2.00. The van der Waals surface area contributed by atoms with E-state index in [4.69, 9.17) is 19.4 Å². The fourth-order valence-corrected chi connectivity index (χ4v) is 6.64. The van der Waals surface area contributed by atoms with E-state index in [1.54, 1.807) is 6.20 Å². The van der Waals surface area contributed by atoms with E-state index in [0.29, 0.717) is 12.1 Å². The molecule has 7 rings (SSSR count). The molecule has 0 spiro atoms. The highest BCUT2D eigenvalue weighted by molar-refractivity contribution is 6.20. The van der Waals surface area contributed by atoms with Gasteiger partial charge in [0.2, 0.25) is 5.71 Å². The van der Waals surface area contributed by atoms with Crippen molar-refractivity contribution in [3.8, 4) is 11.4 Å². The van der Waals surface area contributed by atoms with E-state index in [1.165, 1.54) is 16.7 Å². The van der Waals surface area contributed by atoms with Crippen LogP contribution in [0.2, 0.25) is 0 Å². The van der Waals surface area contributed by atoms with Crippen LogP contribution in [0.4, 0.5) is 0 Å². The van der Waals surface area contributed by atoms with Gasteiger partial charge in [-0.25, -0.2) is 4.98 Å². The Bertz CT molecular complexity index is 2010. The van der Waals surface area contributed by atoms with E-state index in [1.807, 2.05) is 18.2 Å². The molecule has 2 aliphatic heterocycles. The van der Waals surface area contributed by atoms with Crippen molar-refractivity contribution >= 4 is 33.5 Å². The number of hydrogen-bond donors (Lipinski definition) is 0. The zero-order valence-corrected chi connectivity index (χ0v) is 24.0. The average molecular weight is 549 g/mol. The van der Waals surface area contributed by atoms with Gasteiger partial charge in [0.25, 0.3) is 0 Å². The quantitative estimate of drug-likeness (QED) is 0.227. The summed E-state index contributed by atoms with van der Waals surface area (Å²) in [4.78, 5) is 19.8. The summed E-state index contributed by atoms with van der Waals surface area (Å²) >= 11 is 0. The highest BCUT2D eigenvalue weighted by Crippen LogP contribution is 2.40. The minimum absolute atomic E-state index is 0.0485. The summed E-state index contributed by atoms with van der Waals surface area (Å²) in [6.45, 7) is 16.7. The first-order chi connectivity index (χ1) is 20.5. The molecule has 0 amide bonds. The lowest BCUT2D eigenvalue weighted by molar-refractivity contribution is 0.490. The molecular formula is C37H32N4O. The van der Waals surface area contributed by atoms with Crippen LogP contribution in [0, 0.1) is 13.8 Å². The van der Waals surface area contributed by atoms with Gasteiger partial charge >= 0.3 is 0 Å². The Hall–Kier alpha value is -4.90. The number of aliphatic imine (C=N–C) groups is 2. The van der Waals surface area contributed by atoms with Crippen molar-refractivity contribution in [3.63, 3.8) is 0 Å². The number of aromatic nitrogens is 2. The molecule has 5 heterocycles. The average Bonchev–Trinajstić information content (AvgIpc) is 3.36. The molecule has 206 valence electrons. The fourth-order valence-electron chi connectivity index (χ4n) is 6.64. The molecule has 5 heteroatoms. The predicted octanol–water partition coefficient (Wildman–Crippen LogP) is 8.63. The van der Waals surface area contributed by atoms with E-state index >= 15 is 0 Å². The lowest BCUT2D eigenvalue weighted by Gasteiger charge is -2.32. The van der Waals surface area contributed by atoms with Crippen LogP contribution in [0.5, 0.6) is 0 Å². The van der Waals surface area contributed by atoms with Gasteiger partial charge in [0.15, 0.2) is 0 Å². The Morgan fingerprint density at radius 3 is 2.55 bits per heavy atom. The third-order valence-corrected chi connectivity index (χ3v) is 8.64. The lowest BCUT2D eigenvalue weighted by Crippen LogP contribution is -2.27. The van der Waals surface area contributed by atoms with Crippen molar-refractivity contribution in [2.75, 3.05) is 0 Å². The van der Waals surface area contributed by atoms with Crippen LogP contribution < -0.4 is 0 Å². The van der Waals surface area contributed by atoms with Gasteiger partial charge in [0, 0.05) is 46.1 Å². The molecule has 0 bridgehead atoms. The molecule has 0 saturated heterocycles. The molecule has 5 nitrogen and oxygen atoms in total. The summed E-state index contributed by atoms with van der Waals surface area (Å²) in [5.41, 5.74) is 12.3. The van der Waals surface area contributed by atoms with Crippen molar-refractivity contribution < 1.29 is 4.42 Å². The third kappa shape index (κ3) is 4.16. The number of pyridine rings is 2. The molecule has 0 aliphatic carbocycles. The van der Waals surface area contributed by atoms with Crippen LogP contribution in [-0.2, 0) is 6.42 Å². The number of furan rings is 1. The van der Waals surface area contributed by atoms with Crippen LogP contribution in [-0.4, -0.2) is 27.4 Å². The molecule has 0 fully saturated rings. The Morgan fingerprint density at radius 1 is 0.905 bits per heavy atom. The minimum Gasteiger partial charge on any atom is -0.437 e. The first kappa shape index (κ1) is 26.0. The van der Waals surface area contributed by atoms with E-state index in [0.717, 1.165) is 74.4 Å². The standard InChI is InChI=1S/C37H32N4O/c1-6-30-26-13-9-8-12-25(26)27-16-14-24-15-17-28-29-19-22(4)35(34-21(3)11-10-18-38-34)41-37(29)42-36(28)33(24)31(7-2)39-23(5)20-32(27)40-30/h6-13,15,17-19,27,32H,1-2,5,14,16,20H2,3-4H3. The summed E-state index contributed by atoms with van der Waals surface area (Å²) in [5.74, 6) is 0.245. The Kier molecular flexibility index (Phi) is 6.31. The van der Waals surface area contributed by atoms with Gasteiger partial charge in [-0.15, -0.1) is 0 Å². The first-order valence-corrected chi connectivity index (χ1v) is 14.4. The topological polar surface area (TPSA) is 63.6 Å². The third-order valence-electron chi connectivity index (χ3n) is 8.64. The maximum absolute atomic E-state index is 6.61. The molecule has 2 aromatic carbocycles. The molecular weight excluding hydrogens is 516 g/mol. The number of aryl methyl sites for hydroxylation is 3. The summed E-state index contributed by atoms with van der Waals surface area (Å²) < 4.78 is 6.61. The van der Waals surface area contributed by atoms with Crippen LogP contribution >= 0.6 is 0 Å². The zero-order chi connectivity index (χ0) is 29.0. The Morgan fingerprint density at radius 2 is 1.74 bits per heavy atom. The van der Waals surface area contributed by atoms with Gasteiger partial charge in [0.05, 0.1) is 28.9 Å². The summed E-state index contributed by atoms with van der Waals surface area (Å²) in [7, 11) is 0. The molecule has 2 aliphatic rings. The van der Waals surface area contributed by atoms with E-state index < -0.39 is 0 Å². The van der Waals surface area contributed by atoms with Crippen molar-refractivity contribution in [3.05, 3.63) is 132 Å². The number of nitrogens with zero attached hydrogens (tertiary/aromatic N) is 4. The van der Waals surface area contributed by atoms with Gasteiger partial charge in [-0.05, 0) is 73.2 Å². The smallest absolute Gasteiger partial charge is 0.227 e. The van der Waals surface area contributed by atoms with Crippen molar-refractivity contribution in [1.82, 2.24) is 9.97 Å². The number of allylic oxidation sites excluding steroid dienone is 2. The molecule has 0 N–H and O–H groups in total. The van der Waals surface area contributed by atoms with Crippen LogP contribution in [0.1, 0.15) is 52.1 Å². The Labute approximate surface area is 245 Å². The maximum Gasteiger partial charge on any atom is 0.227 e. The van der Waals surface area contributed by atoms with E-state index in [2.05, 4.69) is 87.1 Å². The number of hydrogen-bond acceptors (Lipinski definition) is 5. The van der Waals surface area contributed by atoms with Crippen LogP contribution in [0.3, 0.4) is 0 Å². The number of fused-ring (bicyclic) bond motifs is 8. The van der Waals surface area contributed by atoms with Gasteiger partial charge in [-0.3, -0.25) is 15.0 Å². The van der Waals surface area contributed by atoms with Crippen LogP contribution in [0.15, 0.2) is 113 Å². The molecule has 0 radical (unpaired) electrons. The van der Waals surface area contributed by atoms with Gasteiger partial charge in [-0.1, -0.05) is 62.2 Å². The number of rotatable bonds is 3. The number of benzene rings is 2. The highest BCUT2D eigenvalue weighted by Gasteiger charge is 2.32. The monoisotopic (exact) mass is 548 g/mol. The van der Waals surface area contributed by atoms with Crippen LogP contribution in [0.25, 0.3) is 33.5 Å². The second kappa shape index (κ2) is 10.2. The lowest BCUT2D eigenvalue weighted by atomic mass is 9.78. The molecule has 3 aromatic heterocycles. The second-order valence-electron chi connectivity index (χ2n) is 11.2. The molecule has 2 atom stereocenters. The first-order valence-electron chi connectivity index (χ1n) is 14.4. The maximum atomic E-state index is 6.61. The zero-order valence-electron chi connectivity index (χ0n) is 24.0. The van der Waals surface area contributed by atoms with Gasteiger partial charge < -0.3 is 4.42 Å². The summed E-state index contributed by atoms with van der Waals surface area (Å²) in [6.07, 6.45) is 7.92. The normalized spacial score (nSPS) is 18.5. The summed E-state index contributed by atoms with van der Waals surface area (Å²) in [6, 6.07) is 19.1. The molecule has 42 heavy (non-hydrogen) atoms. The predicted molar refractivity (Wildman–Crippen MR) is 173 cm³/mol. The van der Waals surface area contributed by atoms with E-state index in [9.17, 15) is 0 Å². The molecule has 0 saturated carbocycles. The highest BCUT2D eigenvalue weighted by atomic mass is 16.3. The Balaban J connectivity index is 1.40.